The van der Waals surface area contributed by atoms with Gasteiger partial charge in [-0.3, -0.25) is 14.4 Å². The first-order chi connectivity index (χ1) is 18.4. The lowest BCUT2D eigenvalue weighted by molar-refractivity contribution is -0.142. The molecule has 2 heterocycles. The van der Waals surface area contributed by atoms with E-state index in [9.17, 15) is 14.4 Å². The molecule has 0 N–H and O–H groups in total. The molecule has 2 amide bonds. The second-order valence-corrected chi connectivity index (χ2v) is 10.5. The van der Waals surface area contributed by atoms with Crippen LogP contribution in [0, 0.1) is 31.6 Å². The average molecular weight is 500 g/mol. The van der Waals surface area contributed by atoms with Gasteiger partial charge in [0.2, 0.25) is 11.8 Å². The molecule has 5 heteroatoms. The Morgan fingerprint density at radius 1 is 0.763 bits per heavy atom. The van der Waals surface area contributed by atoms with Crippen LogP contribution in [0.4, 0.5) is 5.69 Å². The lowest BCUT2D eigenvalue weighted by atomic mass is 9.64. The summed E-state index contributed by atoms with van der Waals surface area (Å²) in [6.45, 7) is 3.88. The van der Waals surface area contributed by atoms with Gasteiger partial charge in [-0.1, -0.05) is 84.4 Å². The molecule has 0 radical (unpaired) electrons. The second kappa shape index (κ2) is 8.25. The number of carbonyl (C=O) groups is 3. The molecular weight excluding hydrogens is 474 g/mol. The fraction of sp³-hybridized carbons (Fsp3) is 0.182. The first-order valence-electron chi connectivity index (χ1n) is 12.9. The highest BCUT2D eigenvalue weighted by Crippen LogP contribution is 2.55. The summed E-state index contributed by atoms with van der Waals surface area (Å²) in [6.07, 6.45) is 2.05. The number of hydrogen-bond donors (Lipinski definition) is 0. The monoisotopic (exact) mass is 499 g/mol. The van der Waals surface area contributed by atoms with Gasteiger partial charge in [-0.05, 0) is 53.5 Å². The molecule has 0 aromatic heterocycles. The van der Waals surface area contributed by atoms with Crippen LogP contribution in [-0.4, -0.2) is 17.8 Å². The van der Waals surface area contributed by atoms with Gasteiger partial charge in [-0.25, -0.2) is 4.90 Å². The zero-order valence-electron chi connectivity index (χ0n) is 21.0. The van der Waals surface area contributed by atoms with Crippen LogP contribution in [0.3, 0.4) is 0 Å². The van der Waals surface area contributed by atoms with Crippen LogP contribution in [0.1, 0.15) is 28.2 Å². The fourth-order valence-electron chi connectivity index (χ4n) is 6.63. The Bertz CT molecular complexity index is 1700. The summed E-state index contributed by atoms with van der Waals surface area (Å²) in [7, 11) is 0. The Kier molecular flexibility index (Phi) is 4.92. The van der Waals surface area contributed by atoms with Gasteiger partial charge in [0.15, 0.2) is 0 Å². The van der Waals surface area contributed by atoms with Crippen LogP contribution >= 0.6 is 0 Å². The van der Waals surface area contributed by atoms with Gasteiger partial charge in [-0.15, -0.1) is 0 Å². The number of amides is 2. The first-order valence-corrected chi connectivity index (χ1v) is 12.9. The number of ether oxygens (including phenoxy) is 1. The predicted octanol–water partition coefficient (Wildman–Crippen LogP) is 5.98. The van der Waals surface area contributed by atoms with E-state index in [0.717, 1.165) is 38.6 Å². The van der Waals surface area contributed by atoms with E-state index in [2.05, 4.69) is 0 Å². The molecule has 3 aliphatic rings. The predicted molar refractivity (Wildman–Crippen MR) is 146 cm³/mol. The van der Waals surface area contributed by atoms with Crippen molar-refractivity contribution < 1.29 is 19.1 Å². The number of hydrogen-bond acceptors (Lipinski definition) is 4. The van der Waals surface area contributed by atoms with Gasteiger partial charge < -0.3 is 4.74 Å². The van der Waals surface area contributed by atoms with Crippen LogP contribution in [0.2, 0.25) is 0 Å². The number of aryl methyl sites for hydroxylation is 2. The quantitative estimate of drug-likeness (QED) is 0.193. The molecular formula is C33H25NO4. The molecule has 38 heavy (non-hydrogen) atoms. The number of imide groups is 1. The Morgan fingerprint density at radius 3 is 2.29 bits per heavy atom. The third-order valence-electron chi connectivity index (χ3n) is 8.26. The molecule has 7 rings (SSSR count). The van der Waals surface area contributed by atoms with Crippen molar-refractivity contribution in [3.63, 3.8) is 0 Å². The van der Waals surface area contributed by atoms with Crippen molar-refractivity contribution in [2.75, 3.05) is 4.90 Å². The molecule has 5 nitrogen and oxygen atoms in total. The maximum atomic E-state index is 14.2. The lowest BCUT2D eigenvalue weighted by Crippen LogP contribution is -2.42. The summed E-state index contributed by atoms with van der Waals surface area (Å²) in [6, 6.07) is 27.2. The third-order valence-corrected chi connectivity index (χ3v) is 8.26. The smallest absolute Gasteiger partial charge is 0.319 e. The number of benzene rings is 4. The van der Waals surface area contributed by atoms with Gasteiger partial charge in [0.25, 0.3) is 0 Å². The minimum atomic E-state index is -0.856. The second-order valence-electron chi connectivity index (χ2n) is 10.5. The number of esters is 1. The molecule has 4 atom stereocenters. The van der Waals surface area contributed by atoms with Crippen LogP contribution in [0.15, 0.2) is 91.0 Å². The molecule has 0 spiro atoms. The molecule has 0 bridgehead atoms. The van der Waals surface area contributed by atoms with Crippen LogP contribution < -0.4 is 9.64 Å². The normalized spacial score (nSPS) is 24.0. The molecule has 0 unspecified atom stereocenters. The molecule has 1 fully saturated rings. The zero-order chi connectivity index (χ0) is 26.1. The Balaban J connectivity index is 1.47. The molecule has 1 saturated heterocycles. The van der Waals surface area contributed by atoms with Crippen molar-refractivity contribution in [1.29, 1.82) is 0 Å². The fourth-order valence-corrected chi connectivity index (χ4v) is 6.63. The SMILES string of the molecule is Cc1ccc(N2C(=O)[C@@H]3[C@@H]4C(=O)Oc5ccc6ccccc6c5C4=C[C@H](c4ccccc4)[C@H]3C2=O)c(C)c1. The Labute approximate surface area is 220 Å². The minimum absolute atomic E-state index is 0.271. The number of fused-ring (bicyclic) bond motifs is 7. The van der Waals surface area contributed by atoms with E-state index in [1.54, 1.807) is 0 Å². The Morgan fingerprint density at radius 2 is 1.50 bits per heavy atom. The van der Waals surface area contributed by atoms with Crippen molar-refractivity contribution >= 4 is 39.8 Å². The molecule has 4 aromatic rings. The highest BCUT2D eigenvalue weighted by molar-refractivity contribution is 6.25. The molecule has 4 aromatic carbocycles. The number of anilines is 1. The van der Waals surface area contributed by atoms with Gasteiger partial charge in [0.05, 0.1) is 23.4 Å². The van der Waals surface area contributed by atoms with E-state index >= 15 is 0 Å². The van der Waals surface area contributed by atoms with Crippen molar-refractivity contribution in [3.05, 3.63) is 113 Å². The summed E-state index contributed by atoms with van der Waals surface area (Å²) in [4.78, 5) is 43.2. The summed E-state index contributed by atoms with van der Waals surface area (Å²) in [5.74, 6) is -3.38. The maximum absolute atomic E-state index is 14.2. The van der Waals surface area contributed by atoms with Gasteiger partial charge in [0, 0.05) is 11.5 Å². The number of rotatable bonds is 2. The molecule has 0 saturated carbocycles. The van der Waals surface area contributed by atoms with E-state index in [4.69, 9.17) is 4.74 Å². The van der Waals surface area contributed by atoms with Crippen LogP contribution in [0.25, 0.3) is 16.3 Å². The summed E-state index contributed by atoms with van der Waals surface area (Å²) < 4.78 is 5.86. The van der Waals surface area contributed by atoms with Gasteiger partial charge >= 0.3 is 5.97 Å². The van der Waals surface area contributed by atoms with E-state index in [-0.39, 0.29) is 17.7 Å². The van der Waals surface area contributed by atoms with Crippen molar-refractivity contribution in [1.82, 2.24) is 0 Å². The van der Waals surface area contributed by atoms with Crippen LogP contribution in [-0.2, 0) is 14.4 Å². The number of carbonyl (C=O) groups excluding carboxylic acids is 3. The topological polar surface area (TPSA) is 63.7 Å². The minimum Gasteiger partial charge on any atom is -0.425 e. The van der Waals surface area contributed by atoms with Crippen molar-refractivity contribution in [3.8, 4) is 5.75 Å². The zero-order valence-corrected chi connectivity index (χ0v) is 21.0. The summed E-state index contributed by atoms with van der Waals surface area (Å²) >= 11 is 0. The molecule has 186 valence electrons. The number of nitrogens with zero attached hydrogens (tertiary/aromatic N) is 1. The van der Waals surface area contributed by atoms with Crippen LogP contribution in [0.5, 0.6) is 5.75 Å². The Hall–Kier alpha value is -4.51. The number of allylic oxidation sites excluding steroid dienone is 1. The molecule has 1 aliphatic carbocycles. The largest absolute Gasteiger partial charge is 0.425 e. The summed E-state index contributed by atoms with van der Waals surface area (Å²) in [5, 5.41) is 1.98. The highest BCUT2D eigenvalue weighted by Gasteiger charge is 2.60. The molecule has 2 aliphatic heterocycles. The summed E-state index contributed by atoms with van der Waals surface area (Å²) in [5.41, 5.74) is 5.01. The average Bonchev–Trinajstić information content (AvgIpc) is 3.18. The van der Waals surface area contributed by atoms with Gasteiger partial charge in [-0.2, -0.15) is 0 Å². The highest BCUT2D eigenvalue weighted by atomic mass is 16.5. The lowest BCUT2D eigenvalue weighted by Gasteiger charge is -2.38. The van der Waals surface area contributed by atoms with E-state index in [1.807, 2.05) is 105 Å². The standard InChI is InChI=1S/C33H25NO4/c1-18-12-14-25(19(2)16-18)34-31(35)28-23(20-8-4-3-5-9-20)17-24-27-22-11-7-6-10-21(22)13-15-26(27)38-33(37)29(24)30(28)32(34)36/h3-17,23,28-30H,1-2H3/t23-,28-,29-,30+/m1/s1. The van der Waals surface area contributed by atoms with Gasteiger partial charge in [0.1, 0.15) is 5.75 Å². The van der Waals surface area contributed by atoms with E-state index < -0.39 is 23.7 Å². The van der Waals surface area contributed by atoms with Crippen molar-refractivity contribution in [2.24, 2.45) is 17.8 Å². The van der Waals surface area contributed by atoms with Crippen molar-refractivity contribution in [2.45, 2.75) is 19.8 Å². The maximum Gasteiger partial charge on any atom is 0.319 e. The third kappa shape index (κ3) is 3.14. The van der Waals surface area contributed by atoms with E-state index in [0.29, 0.717) is 11.4 Å². The first kappa shape index (κ1) is 22.7. The van der Waals surface area contributed by atoms with E-state index in [1.165, 1.54) is 4.90 Å².